The molecule has 21 heavy (non-hydrogen) atoms. The zero-order valence-corrected chi connectivity index (χ0v) is 12.8. The molecule has 8 heteroatoms. The lowest BCUT2D eigenvalue weighted by molar-refractivity contribution is -0.132. The van der Waals surface area contributed by atoms with Gasteiger partial charge >= 0.3 is 5.97 Å². The predicted molar refractivity (Wildman–Crippen MR) is 78.2 cm³/mol. The van der Waals surface area contributed by atoms with Gasteiger partial charge in [0.25, 0.3) is 0 Å². The highest BCUT2D eigenvalue weighted by Crippen LogP contribution is 2.27. The lowest BCUT2D eigenvalue weighted by atomic mass is 10.2. The summed E-state index contributed by atoms with van der Waals surface area (Å²) in [4.78, 5) is 25.7. The number of thiophene rings is 1. The van der Waals surface area contributed by atoms with Crippen LogP contribution in [-0.4, -0.2) is 50.0 Å². The van der Waals surface area contributed by atoms with Crippen LogP contribution < -0.4 is 0 Å². The Hall–Kier alpha value is -2.22. The van der Waals surface area contributed by atoms with Crippen molar-refractivity contribution < 1.29 is 14.7 Å². The monoisotopic (exact) mass is 308 g/mol. The molecule has 2 rings (SSSR count). The summed E-state index contributed by atoms with van der Waals surface area (Å²) >= 11 is 1.38. The number of carboxylic acids is 1. The fourth-order valence-corrected chi connectivity index (χ4v) is 2.53. The molecule has 0 aromatic carbocycles. The molecule has 0 fully saturated rings. The normalized spacial score (nSPS) is 10.9. The Morgan fingerprint density at radius 3 is 2.71 bits per heavy atom. The summed E-state index contributed by atoms with van der Waals surface area (Å²) in [6.45, 7) is 3.77. The van der Waals surface area contributed by atoms with Crippen LogP contribution in [0.15, 0.2) is 17.5 Å². The van der Waals surface area contributed by atoms with Crippen LogP contribution in [0.3, 0.4) is 0 Å². The molecule has 112 valence electrons. The van der Waals surface area contributed by atoms with Gasteiger partial charge in [-0.15, -0.1) is 16.4 Å². The van der Waals surface area contributed by atoms with E-state index < -0.39 is 5.97 Å². The molecule has 1 amide bonds. The maximum Gasteiger partial charge on any atom is 0.358 e. The minimum atomic E-state index is -1.16. The molecule has 0 radical (unpaired) electrons. The molecule has 2 aromatic rings. The third-order valence-corrected chi connectivity index (χ3v) is 4.02. The lowest BCUT2D eigenvalue weighted by Gasteiger charge is -2.21. The SMILES string of the molecule is CC(C)N(C)C(=O)Cn1nnc(C(=O)O)c1-c1cccs1. The summed E-state index contributed by atoms with van der Waals surface area (Å²) in [5, 5.41) is 18.5. The van der Waals surface area contributed by atoms with E-state index in [1.54, 1.807) is 18.0 Å². The van der Waals surface area contributed by atoms with E-state index in [0.717, 1.165) is 4.88 Å². The van der Waals surface area contributed by atoms with Crippen LogP contribution in [0, 0.1) is 0 Å². The fraction of sp³-hybridized carbons (Fsp3) is 0.385. The lowest BCUT2D eigenvalue weighted by Crippen LogP contribution is -2.35. The van der Waals surface area contributed by atoms with E-state index >= 15 is 0 Å². The number of hydrogen-bond donors (Lipinski definition) is 1. The van der Waals surface area contributed by atoms with Gasteiger partial charge in [0.05, 0.1) is 4.88 Å². The van der Waals surface area contributed by atoms with Crippen LogP contribution in [0.2, 0.25) is 0 Å². The van der Waals surface area contributed by atoms with Crippen LogP contribution in [0.25, 0.3) is 10.6 Å². The Balaban J connectivity index is 2.37. The molecule has 0 aliphatic carbocycles. The molecule has 0 atom stereocenters. The first-order valence-corrected chi connectivity index (χ1v) is 7.26. The first-order chi connectivity index (χ1) is 9.91. The Morgan fingerprint density at radius 2 is 2.19 bits per heavy atom. The maximum atomic E-state index is 12.1. The minimum absolute atomic E-state index is 0.0395. The number of aromatic carboxylic acids is 1. The van der Waals surface area contributed by atoms with Gasteiger partial charge in [0.2, 0.25) is 5.91 Å². The van der Waals surface area contributed by atoms with Crippen molar-refractivity contribution in [2.24, 2.45) is 0 Å². The first-order valence-electron chi connectivity index (χ1n) is 6.38. The summed E-state index contributed by atoms with van der Waals surface area (Å²) in [7, 11) is 1.70. The van der Waals surface area contributed by atoms with Crippen molar-refractivity contribution >= 4 is 23.2 Å². The number of hydrogen-bond acceptors (Lipinski definition) is 5. The number of nitrogens with zero attached hydrogens (tertiary/aromatic N) is 4. The van der Waals surface area contributed by atoms with Gasteiger partial charge in [0, 0.05) is 13.1 Å². The number of carbonyl (C=O) groups is 2. The van der Waals surface area contributed by atoms with Gasteiger partial charge in [-0.25, -0.2) is 9.48 Å². The largest absolute Gasteiger partial charge is 0.476 e. The number of aromatic nitrogens is 3. The standard InChI is InChI=1S/C13H16N4O3S/c1-8(2)16(3)10(18)7-17-12(9-5-4-6-21-9)11(13(19)20)14-15-17/h4-6,8H,7H2,1-3H3,(H,19,20). The Morgan fingerprint density at radius 1 is 1.48 bits per heavy atom. The second kappa shape index (κ2) is 6.04. The van der Waals surface area contributed by atoms with Crippen molar-refractivity contribution in [3.05, 3.63) is 23.2 Å². The van der Waals surface area contributed by atoms with Gasteiger partial charge < -0.3 is 10.0 Å². The average molecular weight is 308 g/mol. The van der Waals surface area contributed by atoms with E-state index in [9.17, 15) is 14.7 Å². The van der Waals surface area contributed by atoms with E-state index in [4.69, 9.17) is 0 Å². The van der Waals surface area contributed by atoms with Gasteiger partial charge in [0.1, 0.15) is 12.2 Å². The third kappa shape index (κ3) is 3.10. The van der Waals surface area contributed by atoms with Crippen LogP contribution in [-0.2, 0) is 11.3 Å². The topological polar surface area (TPSA) is 88.3 Å². The fourth-order valence-electron chi connectivity index (χ4n) is 1.75. The molecule has 0 saturated carbocycles. The summed E-state index contributed by atoms with van der Waals surface area (Å²) < 4.78 is 1.34. The van der Waals surface area contributed by atoms with Crippen LogP contribution in [0.4, 0.5) is 0 Å². The first kappa shape index (κ1) is 15.2. The molecular formula is C13H16N4O3S. The Kier molecular flexibility index (Phi) is 4.37. The molecule has 0 bridgehead atoms. The van der Waals surface area contributed by atoms with Crippen molar-refractivity contribution in [2.45, 2.75) is 26.4 Å². The van der Waals surface area contributed by atoms with Crippen LogP contribution >= 0.6 is 11.3 Å². The van der Waals surface area contributed by atoms with Gasteiger partial charge in [-0.05, 0) is 25.3 Å². The van der Waals surface area contributed by atoms with Crippen molar-refractivity contribution in [1.29, 1.82) is 0 Å². The number of likely N-dealkylation sites (N-methyl/N-ethyl adjacent to an activating group) is 1. The molecule has 7 nitrogen and oxygen atoms in total. The van der Waals surface area contributed by atoms with Gasteiger partial charge in [0.15, 0.2) is 5.69 Å². The van der Waals surface area contributed by atoms with Crippen LogP contribution in [0.5, 0.6) is 0 Å². The summed E-state index contributed by atoms with van der Waals surface area (Å²) in [6, 6.07) is 3.65. The minimum Gasteiger partial charge on any atom is -0.476 e. The molecule has 0 aliphatic rings. The molecule has 2 aromatic heterocycles. The molecule has 0 aliphatic heterocycles. The summed E-state index contributed by atoms with van der Waals surface area (Å²) in [5.41, 5.74) is 0.223. The molecule has 0 spiro atoms. The number of carbonyl (C=O) groups excluding carboxylic acids is 1. The quantitative estimate of drug-likeness (QED) is 0.905. The van der Waals surface area contributed by atoms with Crippen LogP contribution in [0.1, 0.15) is 24.3 Å². The van der Waals surface area contributed by atoms with Crippen molar-refractivity contribution in [3.63, 3.8) is 0 Å². The van der Waals surface area contributed by atoms with Crippen molar-refractivity contribution in [3.8, 4) is 10.6 Å². The van der Waals surface area contributed by atoms with E-state index in [0.29, 0.717) is 5.69 Å². The third-order valence-electron chi connectivity index (χ3n) is 3.15. The van der Waals surface area contributed by atoms with E-state index in [1.807, 2.05) is 25.3 Å². The Bertz CT molecular complexity index is 648. The zero-order chi connectivity index (χ0) is 15.6. The second-order valence-electron chi connectivity index (χ2n) is 4.83. The molecule has 1 N–H and O–H groups in total. The highest BCUT2D eigenvalue weighted by Gasteiger charge is 2.23. The number of rotatable bonds is 5. The number of carboxylic acid groups (broad SMARTS) is 1. The van der Waals surface area contributed by atoms with Gasteiger partial charge in [-0.2, -0.15) is 0 Å². The van der Waals surface area contributed by atoms with Gasteiger partial charge in [-0.3, -0.25) is 4.79 Å². The van der Waals surface area contributed by atoms with E-state index in [2.05, 4.69) is 10.3 Å². The highest BCUT2D eigenvalue weighted by molar-refractivity contribution is 7.13. The summed E-state index contributed by atoms with van der Waals surface area (Å²) in [5.74, 6) is -1.31. The van der Waals surface area contributed by atoms with E-state index in [1.165, 1.54) is 16.0 Å². The maximum absolute atomic E-state index is 12.1. The smallest absolute Gasteiger partial charge is 0.358 e. The molecule has 2 heterocycles. The summed E-state index contributed by atoms with van der Waals surface area (Å²) in [6.07, 6.45) is 0. The highest BCUT2D eigenvalue weighted by atomic mass is 32.1. The molecule has 0 saturated heterocycles. The molecular weight excluding hydrogens is 292 g/mol. The predicted octanol–water partition coefficient (Wildman–Crippen LogP) is 1.57. The number of amides is 1. The molecule has 0 unspecified atom stereocenters. The van der Waals surface area contributed by atoms with E-state index in [-0.39, 0.29) is 24.2 Å². The van der Waals surface area contributed by atoms with Crippen molar-refractivity contribution in [2.75, 3.05) is 7.05 Å². The zero-order valence-electron chi connectivity index (χ0n) is 12.0. The van der Waals surface area contributed by atoms with Crippen molar-refractivity contribution in [1.82, 2.24) is 19.9 Å². The van der Waals surface area contributed by atoms with Gasteiger partial charge in [-0.1, -0.05) is 11.3 Å². The Labute approximate surface area is 125 Å². The average Bonchev–Trinajstić information content (AvgIpc) is 3.05. The second-order valence-corrected chi connectivity index (χ2v) is 5.77.